The van der Waals surface area contributed by atoms with Crippen LogP contribution in [0.5, 0.6) is 0 Å². The molecule has 0 aromatic rings. The second-order valence-corrected chi connectivity index (χ2v) is 6.21. The molecule has 0 saturated heterocycles. The van der Waals surface area contributed by atoms with Gasteiger partial charge in [-0.2, -0.15) is 0 Å². The molecule has 1 aliphatic carbocycles. The van der Waals surface area contributed by atoms with E-state index in [0.717, 1.165) is 19.5 Å². The van der Waals surface area contributed by atoms with E-state index in [0.29, 0.717) is 30.8 Å². The lowest BCUT2D eigenvalue weighted by Crippen LogP contribution is -2.42. The van der Waals surface area contributed by atoms with Gasteiger partial charge in [0.2, 0.25) is 5.91 Å². The SMILES string of the molecule is CC(CN)CCC(=O)N(CCN(C)C)C1CCCC1. The lowest BCUT2D eigenvalue weighted by atomic mass is 10.0. The van der Waals surface area contributed by atoms with Crippen LogP contribution in [-0.4, -0.2) is 55.5 Å². The van der Waals surface area contributed by atoms with Crippen molar-refractivity contribution in [3.05, 3.63) is 0 Å². The third kappa shape index (κ3) is 5.91. The molecule has 1 fully saturated rings. The summed E-state index contributed by atoms with van der Waals surface area (Å²) >= 11 is 0. The minimum atomic E-state index is 0.328. The topological polar surface area (TPSA) is 49.6 Å². The van der Waals surface area contributed by atoms with Gasteiger partial charge >= 0.3 is 0 Å². The molecule has 112 valence electrons. The highest BCUT2D eigenvalue weighted by atomic mass is 16.2. The number of likely N-dealkylation sites (N-methyl/N-ethyl adjacent to an activating group) is 1. The molecular weight excluding hydrogens is 238 g/mol. The van der Waals surface area contributed by atoms with E-state index in [9.17, 15) is 4.79 Å². The van der Waals surface area contributed by atoms with Crippen LogP contribution >= 0.6 is 0 Å². The van der Waals surface area contributed by atoms with E-state index in [1.807, 2.05) is 0 Å². The molecule has 1 aliphatic rings. The monoisotopic (exact) mass is 269 g/mol. The smallest absolute Gasteiger partial charge is 0.222 e. The summed E-state index contributed by atoms with van der Waals surface area (Å²) in [7, 11) is 4.13. The van der Waals surface area contributed by atoms with E-state index in [4.69, 9.17) is 5.73 Å². The second kappa shape index (κ2) is 8.54. The number of amides is 1. The predicted molar refractivity (Wildman–Crippen MR) is 80.0 cm³/mol. The van der Waals surface area contributed by atoms with Crippen molar-refractivity contribution in [2.45, 2.75) is 51.5 Å². The highest BCUT2D eigenvalue weighted by Gasteiger charge is 2.26. The Kier molecular flexibility index (Phi) is 7.39. The Morgan fingerprint density at radius 1 is 1.26 bits per heavy atom. The minimum Gasteiger partial charge on any atom is -0.338 e. The van der Waals surface area contributed by atoms with Gasteiger partial charge in [0.25, 0.3) is 0 Å². The summed E-state index contributed by atoms with van der Waals surface area (Å²) in [6.07, 6.45) is 6.49. The normalized spacial score (nSPS) is 17.9. The number of nitrogens with two attached hydrogens (primary N) is 1. The van der Waals surface area contributed by atoms with Gasteiger partial charge < -0.3 is 15.5 Å². The summed E-state index contributed by atoms with van der Waals surface area (Å²) < 4.78 is 0. The van der Waals surface area contributed by atoms with E-state index in [-0.39, 0.29) is 0 Å². The Hall–Kier alpha value is -0.610. The molecule has 0 spiro atoms. The van der Waals surface area contributed by atoms with Crippen molar-refractivity contribution in [3.63, 3.8) is 0 Å². The van der Waals surface area contributed by atoms with Gasteiger partial charge in [-0.3, -0.25) is 4.79 Å². The molecule has 0 heterocycles. The van der Waals surface area contributed by atoms with Gasteiger partial charge in [-0.25, -0.2) is 0 Å². The highest BCUT2D eigenvalue weighted by molar-refractivity contribution is 5.76. The van der Waals surface area contributed by atoms with Crippen LogP contribution in [0.15, 0.2) is 0 Å². The van der Waals surface area contributed by atoms with Crippen molar-refractivity contribution in [2.75, 3.05) is 33.7 Å². The van der Waals surface area contributed by atoms with Gasteiger partial charge in [0.05, 0.1) is 0 Å². The predicted octanol–water partition coefficient (Wildman–Crippen LogP) is 1.69. The Morgan fingerprint density at radius 3 is 2.42 bits per heavy atom. The van der Waals surface area contributed by atoms with Crippen molar-refractivity contribution >= 4 is 5.91 Å². The highest BCUT2D eigenvalue weighted by Crippen LogP contribution is 2.24. The Labute approximate surface area is 118 Å². The van der Waals surface area contributed by atoms with Crippen LogP contribution in [0.3, 0.4) is 0 Å². The van der Waals surface area contributed by atoms with Gasteiger partial charge in [-0.05, 0) is 45.8 Å². The van der Waals surface area contributed by atoms with Crippen LogP contribution in [0.1, 0.15) is 45.4 Å². The molecule has 19 heavy (non-hydrogen) atoms. The van der Waals surface area contributed by atoms with E-state index < -0.39 is 0 Å². The fourth-order valence-electron chi connectivity index (χ4n) is 2.67. The second-order valence-electron chi connectivity index (χ2n) is 6.21. The Balaban J connectivity index is 2.48. The van der Waals surface area contributed by atoms with Crippen molar-refractivity contribution in [1.82, 2.24) is 9.80 Å². The Morgan fingerprint density at radius 2 is 1.89 bits per heavy atom. The first-order valence-electron chi connectivity index (χ1n) is 7.68. The molecular formula is C15H31N3O. The average molecular weight is 269 g/mol. The molecule has 1 rings (SSSR count). The number of hydrogen-bond acceptors (Lipinski definition) is 3. The molecule has 1 atom stereocenters. The molecule has 2 N–H and O–H groups in total. The number of hydrogen-bond donors (Lipinski definition) is 1. The van der Waals surface area contributed by atoms with Gasteiger partial charge in [-0.15, -0.1) is 0 Å². The zero-order valence-electron chi connectivity index (χ0n) is 12.9. The van der Waals surface area contributed by atoms with Gasteiger partial charge in [0, 0.05) is 25.6 Å². The van der Waals surface area contributed by atoms with Gasteiger partial charge in [0.15, 0.2) is 0 Å². The summed E-state index contributed by atoms with van der Waals surface area (Å²) in [6.45, 7) is 4.61. The third-order valence-electron chi connectivity index (χ3n) is 4.13. The number of nitrogens with zero attached hydrogens (tertiary/aromatic N) is 2. The van der Waals surface area contributed by atoms with Gasteiger partial charge in [-0.1, -0.05) is 19.8 Å². The van der Waals surface area contributed by atoms with Crippen molar-refractivity contribution < 1.29 is 4.79 Å². The van der Waals surface area contributed by atoms with E-state index in [1.54, 1.807) is 0 Å². The number of carbonyl (C=O) groups is 1. The van der Waals surface area contributed by atoms with Gasteiger partial charge in [0.1, 0.15) is 0 Å². The molecule has 1 saturated carbocycles. The largest absolute Gasteiger partial charge is 0.338 e. The maximum absolute atomic E-state index is 12.4. The standard InChI is InChI=1S/C15H31N3O/c1-13(12-16)8-9-15(19)18(11-10-17(2)3)14-6-4-5-7-14/h13-14H,4-12,16H2,1-3H3. The summed E-state index contributed by atoms with van der Waals surface area (Å²) in [4.78, 5) is 16.7. The lowest BCUT2D eigenvalue weighted by molar-refractivity contribution is -0.133. The quantitative estimate of drug-likeness (QED) is 0.729. The molecule has 1 amide bonds. The maximum Gasteiger partial charge on any atom is 0.222 e. The first kappa shape index (κ1) is 16.4. The summed E-state index contributed by atoms with van der Waals surface area (Å²) in [5.74, 6) is 0.775. The fraction of sp³-hybridized carbons (Fsp3) is 0.933. The minimum absolute atomic E-state index is 0.328. The first-order chi connectivity index (χ1) is 9.04. The van der Waals surface area contributed by atoms with Crippen LogP contribution < -0.4 is 5.73 Å². The van der Waals surface area contributed by atoms with Crippen molar-refractivity contribution in [1.29, 1.82) is 0 Å². The van der Waals surface area contributed by atoms with Crippen LogP contribution in [0.4, 0.5) is 0 Å². The van der Waals surface area contributed by atoms with Crippen molar-refractivity contribution in [2.24, 2.45) is 11.7 Å². The van der Waals surface area contributed by atoms with E-state index in [1.165, 1.54) is 25.7 Å². The molecule has 0 aromatic carbocycles. The summed E-state index contributed by atoms with van der Waals surface area (Å²) in [6, 6.07) is 0.487. The van der Waals surface area contributed by atoms with Crippen molar-refractivity contribution in [3.8, 4) is 0 Å². The third-order valence-corrected chi connectivity index (χ3v) is 4.13. The van der Waals surface area contributed by atoms with Crippen LogP contribution in [0, 0.1) is 5.92 Å². The molecule has 4 heteroatoms. The van der Waals surface area contributed by atoms with E-state index in [2.05, 4.69) is 30.8 Å². The Bertz CT molecular complexity index is 262. The number of carbonyl (C=O) groups excluding carboxylic acids is 1. The van der Waals surface area contributed by atoms with E-state index >= 15 is 0 Å². The fourth-order valence-corrected chi connectivity index (χ4v) is 2.67. The maximum atomic E-state index is 12.4. The number of rotatable bonds is 8. The summed E-state index contributed by atoms with van der Waals surface area (Å²) in [5.41, 5.74) is 5.62. The zero-order valence-corrected chi connectivity index (χ0v) is 12.9. The zero-order chi connectivity index (χ0) is 14.3. The molecule has 0 bridgehead atoms. The molecule has 0 aliphatic heterocycles. The molecule has 4 nitrogen and oxygen atoms in total. The lowest BCUT2D eigenvalue weighted by Gasteiger charge is -2.30. The average Bonchev–Trinajstić information content (AvgIpc) is 2.89. The van der Waals surface area contributed by atoms with Crippen LogP contribution in [-0.2, 0) is 4.79 Å². The molecule has 0 aromatic heterocycles. The first-order valence-corrected chi connectivity index (χ1v) is 7.68. The van der Waals surface area contributed by atoms with Crippen LogP contribution in [0.25, 0.3) is 0 Å². The summed E-state index contributed by atoms with van der Waals surface area (Å²) in [5, 5.41) is 0. The molecule has 0 radical (unpaired) electrons. The molecule has 1 unspecified atom stereocenters. The van der Waals surface area contributed by atoms with Crippen LogP contribution in [0.2, 0.25) is 0 Å².